The topological polar surface area (TPSA) is 51.7 Å². The zero-order valence-electron chi connectivity index (χ0n) is 12.8. The molecule has 0 unspecified atom stereocenters. The third kappa shape index (κ3) is 3.62. The minimum absolute atomic E-state index is 0.137. The van der Waals surface area contributed by atoms with Crippen LogP contribution in [-0.4, -0.2) is 41.6 Å². The highest BCUT2D eigenvalue weighted by atomic mass is 16.5. The zero-order valence-corrected chi connectivity index (χ0v) is 12.8. The van der Waals surface area contributed by atoms with Gasteiger partial charge in [-0.15, -0.1) is 0 Å². The number of carbonyl (C=O) groups is 1. The molecule has 0 radical (unpaired) electrons. The Balaban J connectivity index is 2.40. The van der Waals surface area contributed by atoms with Crippen molar-refractivity contribution in [2.75, 3.05) is 14.1 Å². The summed E-state index contributed by atoms with van der Waals surface area (Å²) >= 11 is 0. The first-order valence-electron chi connectivity index (χ1n) is 6.83. The first kappa shape index (κ1) is 14.6. The lowest BCUT2D eigenvalue weighted by Gasteiger charge is -2.24. The Morgan fingerprint density at radius 3 is 2.35 bits per heavy atom. The molecule has 0 bridgehead atoms. The molecule has 1 aromatic rings. The van der Waals surface area contributed by atoms with Crippen LogP contribution in [0.4, 0.5) is 0 Å². The van der Waals surface area contributed by atoms with Gasteiger partial charge in [-0.2, -0.15) is 0 Å². The first-order chi connectivity index (χ1) is 9.28. The Hall–Kier alpha value is -1.78. The predicted octanol–water partition coefficient (Wildman–Crippen LogP) is 2.50. The van der Waals surface area contributed by atoms with Crippen LogP contribution >= 0.6 is 0 Å². The third-order valence-electron chi connectivity index (χ3n) is 2.73. The van der Waals surface area contributed by atoms with Crippen LogP contribution in [0.15, 0.2) is 12.4 Å². The Morgan fingerprint density at radius 1 is 1.25 bits per heavy atom. The van der Waals surface area contributed by atoms with Gasteiger partial charge >= 0.3 is 0 Å². The molecule has 1 aliphatic rings. The molecule has 1 saturated carbocycles. The van der Waals surface area contributed by atoms with Crippen molar-refractivity contribution in [3.63, 3.8) is 0 Å². The lowest BCUT2D eigenvalue weighted by atomic mass is 10.1. The van der Waals surface area contributed by atoms with Gasteiger partial charge in [0.1, 0.15) is 11.2 Å². The van der Waals surface area contributed by atoms with E-state index in [0.717, 1.165) is 12.8 Å². The van der Waals surface area contributed by atoms with Gasteiger partial charge in [0.15, 0.2) is 11.5 Å². The van der Waals surface area contributed by atoms with Gasteiger partial charge in [0, 0.05) is 14.1 Å². The fourth-order valence-electron chi connectivity index (χ4n) is 1.72. The molecule has 1 heterocycles. The van der Waals surface area contributed by atoms with E-state index < -0.39 is 5.60 Å². The number of nitrogens with zero attached hydrogens (tertiary/aromatic N) is 2. The Labute approximate surface area is 119 Å². The van der Waals surface area contributed by atoms with Crippen molar-refractivity contribution >= 4 is 5.91 Å². The summed E-state index contributed by atoms with van der Waals surface area (Å²) in [7, 11) is 3.43. The zero-order chi connectivity index (χ0) is 14.9. The van der Waals surface area contributed by atoms with Gasteiger partial charge in [-0.1, -0.05) is 0 Å². The highest BCUT2D eigenvalue weighted by molar-refractivity contribution is 5.99. The molecule has 1 fully saturated rings. The summed E-state index contributed by atoms with van der Waals surface area (Å²) in [5.41, 5.74) is 0.0492. The smallest absolute Gasteiger partial charge is 0.261 e. The average Bonchev–Trinajstić information content (AvgIpc) is 3.10. The predicted molar refractivity (Wildman–Crippen MR) is 76.3 cm³/mol. The normalized spacial score (nSPS) is 14.8. The second-order valence-corrected chi connectivity index (χ2v) is 6.24. The third-order valence-corrected chi connectivity index (χ3v) is 2.73. The maximum Gasteiger partial charge on any atom is 0.261 e. The van der Waals surface area contributed by atoms with E-state index in [1.165, 1.54) is 4.90 Å². The highest BCUT2D eigenvalue weighted by Gasteiger charge is 2.29. The molecule has 0 N–H and O–H groups in total. The molecular formula is C15H22N2O3. The summed E-state index contributed by atoms with van der Waals surface area (Å²) in [6, 6.07) is 0. The number of amides is 1. The van der Waals surface area contributed by atoms with Crippen molar-refractivity contribution in [3.8, 4) is 11.5 Å². The number of pyridine rings is 1. The number of hydrogen-bond donors (Lipinski definition) is 0. The van der Waals surface area contributed by atoms with E-state index in [-0.39, 0.29) is 12.0 Å². The fraction of sp³-hybridized carbons (Fsp3) is 0.600. The molecule has 0 saturated heterocycles. The van der Waals surface area contributed by atoms with Gasteiger partial charge in [0.05, 0.1) is 18.5 Å². The van der Waals surface area contributed by atoms with Crippen molar-refractivity contribution in [1.29, 1.82) is 0 Å². The van der Waals surface area contributed by atoms with Gasteiger partial charge in [0.25, 0.3) is 5.91 Å². The van der Waals surface area contributed by atoms with E-state index in [1.807, 2.05) is 20.8 Å². The summed E-state index contributed by atoms with van der Waals surface area (Å²) < 4.78 is 11.6. The van der Waals surface area contributed by atoms with E-state index in [4.69, 9.17) is 9.47 Å². The Morgan fingerprint density at radius 2 is 1.85 bits per heavy atom. The molecule has 1 aliphatic carbocycles. The van der Waals surface area contributed by atoms with Crippen LogP contribution in [0.2, 0.25) is 0 Å². The summed E-state index contributed by atoms with van der Waals surface area (Å²) in [5.74, 6) is 0.838. The standard InChI is InChI=1S/C15H22N2O3/c1-15(2,3)20-12-9-16-8-11(19-10-6-7-10)13(12)14(18)17(4)5/h8-10H,6-7H2,1-5H3. The molecule has 5 heteroatoms. The van der Waals surface area contributed by atoms with Gasteiger partial charge in [-0.25, -0.2) is 0 Å². The van der Waals surface area contributed by atoms with Crippen LogP contribution in [0.3, 0.4) is 0 Å². The van der Waals surface area contributed by atoms with Crippen molar-refractivity contribution < 1.29 is 14.3 Å². The maximum atomic E-state index is 12.4. The van der Waals surface area contributed by atoms with Crippen molar-refractivity contribution in [2.24, 2.45) is 0 Å². The average molecular weight is 278 g/mol. The summed E-state index contributed by atoms with van der Waals surface area (Å²) in [6.07, 6.45) is 5.42. The Kier molecular flexibility index (Phi) is 3.88. The van der Waals surface area contributed by atoms with E-state index >= 15 is 0 Å². The molecule has 0 aliphatic heterocycles. The number of ether oxygens (including phenoxy) is 2. The van der Waals surface area contributed by atoms with E-state index in [1.54, 1.807) is 26.5 Å². The molecule has 1 aromatic heterocycles. The molecule has 0 spiro atoms. The Bertz CT molecular complexity index is 502. The lowest BCUT2D eigenvalue weighted by Crippen LogP contribution is -2.28. The van der Waals surface area contributed by atoms with E-state index in [9.17, 15) is 4.79 Å². The van der Waals surface area contributed by atoms with Gasteiger partial charge in [-0.05, 0) is 33.6 Å². The van der Waals surface area contributed by atoms with Gasteiger partial charge in [-0.3, -0.25) is 9.78 Å². The monoisotopic (exact) mass is 278 g/mol. The number of aromatic nitrogens is 1. The van der Waals surface area contributed by atoms with Crippen LogP contribution < -0.4 is 9.47 Å². The van der Waals surface area contributed by atoms with Crippen LogP contribution in [0.25, 0.3) is 0 Å². The highest BCUT2D eigenvalue weighted by Crippen LogP contribution is 2.34. The number of hydrogen-bond acceptors (Lipinski definition) is 4. The minimum Gasteiger partial charge on any atom is -0.488 e. The minimum atomic E-state index is -0.402. The quantitative estimate of drug-likeness (QED) is 0.849. The summed E-state index contributed by atoms with van der Waals surface area (Å²) in [5, 5.41) is 0. The van der Waals surface area contributed by atoms with Crippen molar-refractivity contribution in [1.82, 2.24) is 9.88 Å². The SMILES string of the molecule is CN(C)C(=O)c1c(OC2CC2)cncc1OC(C)(C)C. The van der Waals surface area contributed by atoms with E-state index in [0.29, 0.717) is 17.1 Å². The molecule has 110 valence electrons. The van der Waals surface area contributed by atoms with Gasteiger partial charge in [0.2, 0.25) is 0 Å². The largest absolute Gasteiger partial charge is 0.488 e. The number of carbonyl (C=O) groups excluding carboxylic acids is 1. The molecule has 0 aromatic carbocycles. The van der Waals surface area contributed by atoms with Crippen molar-refractivity contribution in [2.45, 2.75) is 45.3 Å². The molecular weight excluding hydrogens is 256 g/mol. The van der Waals surface area contributed by atoms with Crippen molar-refractivity contribution in [3.05, 3.63) is 18.0 Å². The fourth-order valence-corrected chi connectivity index (χ4v) is 1.72. The summed E-state index contributed by atoms with van der Waals surface area (Å²) in [6.45, 7) is 5.81. The molecule has 2 rings (SSSR count). The van der Waals surface area contributed by atoms with Crippen LogP contribution in [0.5, 0.6) is 11.5 Å². The maximum absolute atomic E-state index is 12.4. The molecule has 1 amide bonds. The summed E-state index contributed by atoms with van der Waals surface area (Å²) in [4.78, 5) is 18.1. The van der Waals surface area contributed by atoms with Crippen LogP contribution in [-0.2, 0) is 0 Å². The number of rotatable bonds is 4. The van der Waals surface area contributed by atoms with Gasteiger partial charge < -0.3 is 14.4 Å². The van der Waals surface area contributed by atoms with E-state index in [2.05, 4.69) is 4.98 Å². The molecule has 5 nitrogen and oxygen atoms in total. The van der Waals surface area contributed by atoms with Crippen LogP contribution in [0.1, 0.15) is 44.0 Å². The second-order valence-electron chi connectivity index (χ2n) is 6.24. The lowest BCUT2D eigenvalue weighted by molar-refractivity contribution is 0.0802. The van der Waals surface area contributed by atoms with Crippen LogP contribution in [0, 0.1) is 0 Å². The molecule has 20 heavy (non-hydrogen) atoms. The molecule has 0 atom stereocenters. The first-order valence-corrected chi connectivity index (χ1v) is 6.83. The second kappa shape index (κ2) is 5.31.